The third-order valence-corrected chi connectivity index (χ3v) is 9.90. The van der Waals surface area contributed by atoms with Crippen LogP contribution in [0.25, 0.3) is 0 Å². The van der Waals surface area contributed by atoms with Crippen molar-refractivity contribution >= 4 is 45.9 Å². The molecule has 0 bridgehead atoms. The van der Waals surface area contributed by atoms with Gasteiger partial charge in [0.1, 0.15) is 23.1 Å². The van der Waals surface area contributed by atoms with Crippen LogP contribution in [0.4, 0.5) is 11.4 Å². The molecule has 2 rings (SSSR count). The van der Waals surface area contributed by atoms with E-state index in [0.717, 1.165) is 83.6 Å². The molecule has 0 radical (unpaired) electrons. The fourth-order valence-electron chi connectivity index (χ4n) is 6.37. The summed E-state index contributed by atoms with van der Waals surface area (Å²) in [6.45, 7) is 12.0. The van der Waals surface area contributed by atoms with E-state index in [1.807, 2.05) is 64.1 Å². The van der Waals surface area contributed by atoms with Crippen LogP contribution >= 0.6 is 0 Å². The number of ketones is 4. The second-order valence-corrected chi connectivity index (χ2v) is 14.3. The third kappa shape index (κ3) is 19.2. The first-order valence-electron chi connectivity index (χ1n) is 20.6. The minimum absolute atomic E-state index is 0. The smallest absolute Gasteiger partial charge is 0.137 e. The van der Waals surface area contributed by atoms with Crippen LogP contribution in [0.2, 0.25) is 0 Å². The van der Waals surface area contributed by atoms with Gasteiger partial charge in [0.15, 0.2) is 0 Å². The Morgan fingerprint density at radius 3 is 1.04 bits per heavy atom. The molecular formula is C46H68N2NiO4. The van der Waals surface area contributed by atoms with E-state index in [4.69, 9.17) is 9.98 Å². The predicted octanol–water partition coefficient (Wildman–Crippen LogP) is 12.1. The van der Waals surface area contributed by atoms with Crippen molar-refractivity contribution in [3.8, 4) is 0 Å². The molecule has 2 aromatic rings. The van der Waals surface area contributed by atoms with E-state index < -0.39 is 0 Å². The van der Waals surface area contributed by atoms with Crippen LogP contribution < -0.4 is 0 Å². The zero-order chi connectivity index (χ0) is 38.1. The van der Waals surface area contributed by atoms with Gasteiger partial charge in [0.25, 0.3) is 0 Å². The molecule has 0 aliphatic heterocycles. The van der Waals surface area contributed by atoms with Gasteiger partial charge in [0, 0.05) is 67.9 Å². The Labute approximate surface area is 331 Å². The van der Waals surface area contributed by atoms with Gasteiger partial charge in [-0.05, 0) is 72.2 Å². The Kier molecular flexibility index (Phi) is 25.7. The number of nitrogens with zero attached hydrogens (tertiary/aromatic N) is 2. The van der Waals surface area contributed by atoms with Crippen molar-refractivity contribution in [1.29, 1.82) is 0 Å². The van der Waals surface area contributed by atoms with Gasteiger partial charge < -0.3 is 0 Å². The normalized spacial score (nSPS) is 11.7. The molecule has 0 N–H and O–H groups in total. The minimum Gasteiger partial charge on any atom is -0.299 e. The Hall–Kier alpha value is -3.05. The first kappa shape index (κ1) is 48.0. The predicted molar refractivity (Wildman–Crippen MR) is 219 cm³/mol. The molecule has 53 heavy (non-hydrogen) atoms. The van der Waals surface area contributed by atoms with Crippen molar-refractivity contribution in [3.63, 3.8) is 0 Å². The summed E-state index contributed by atoms with van der Waals surface area (Å²) in [7, 11) is 0. The van der Waals surface area contributed by atoms with E-state index in [2.05, 4.69) is 13.8 Å². The zero-order valence-corrected chi connectivity index (χ0v) is 34.9. The topological polar surface area (TPSA) is 93.0 Å². The SMILES string of the molecule is CCCCCCCCC(=Nc1ccc(CC(=O)CC)c(CC(=O)CC)c1)C(CCCCCCCC)=Nc1ccc(CC(=O)CC)c(CC(=O)CC)c1.[Ni]. The van der Waals surface area contributed by atoms with E-state index in [1.54, 1.807) is 0 Å². The van der Waals surface area contributed by atoms with E-state index in [-0.39, 0.29) is 39.6 Å². The summed E-state index contributed by atoms with van der Waals surface area (Å²) in [6, 6.07) is 11.9. The Balaban J connectivity index is 0.0000140. The number of Topliss-reactive ketones (excluding diaryl/α,β-unsaturated/α-hetero) is 4. The van der Waals surface area contributed by atoms with Crippen molar-refractivity contribution < 1.29 is 35.7 Å². The van der Waals surface area contributed by atoms with Gasteiger partial charge in [-0.25, -0.2) is 0 Å². The van der Waals surface area contributed by atoms with Crippen LogP contribution in [0, 0.1) is 0 Å². The van der Waals surface area contributed by atoms with Crippen molar-refractivity contribution in [2.75, 3.05) is 0 Å². The van der Waals surface area contributed by atoms with Gasteiger partial charge in [0.2, 0.25) is 0 Å². The summed E-state index contributed by atoms with van der Waals surface area (Å²) < 4.78 is 0. The fraction of sp³-hybridized carbons (Fsp3) is 0.609. The second kappa shape index (κ2) is 28.4. The monoisotopic (exact) mass is 770 g/mol. The van der Waals surface area contributed by atoms with Crippen molar-refractivity contribution in [2.45, 2.75) is 183 Å². The maximum atomic E-state index is 12.6. The van der Waals surface area contributed by atoms with Gasteiger partial charge >= 0.3 is 0 Å². The Morgan fingerprint density at radius 2 is 0.717 bits per heavy atom. The van der Waals surface area contributed by atoms with Crippen LogP contribution in [0.3, 0.4) is 0 Å². The number of aliphatic imine (C=N–C) groups is 2. The first-order valence-corrected chi connectivity index (χ1v) is 20.6. The van der Waals surface area contributed by atoms with Crippen molar-refractivity contribution in [3.05, 3.63) is 58.7 Å². The van der Waals surface area contributed by atoms with Gasteiger partial charge in [-0.2, -0.15) is 0 Å². The molecule has 0 atom stereocenters. The zero-order valence-electron chi connectivity index (χ0n) is 33.9. The molecule has 2 aromatic carbocycles. The molecule has 0 aromatic heterocycles. The number of carbonyl (C=O) groups excluding carboxylic acids is 4. The number of benzene rings is 2. The molecular weight excluding hydrogens is 703 g/mol. The average Bonchev–Trinajstić information content (AvgIpc) is 3.15. The molecule has 0 unspecified atom stereocenters. The molecule has 7 heteroatoms. The summed E-state index contributed by atoms with van der Waals surface area (Å²) in [6.07, 6.45) is 18.7. The summed E-state index contributed by atoms with van der Waals surface area (Å²) in [4.78, 5) is 60.7. The number of unbranched alkanes of at least 4 members (excludes halogenated alkanes) is 10. The number of hydrogen-bond donors (Lipinski definition) is 0. The van der Waals surface area contributed by atoms with Crippen LogP contribution in [0.5, 0.6) is 0 Å². The molecule has 0 heterocycles. The van der Waals surface area contributed by atoms with Crippen molar-refractivity contribution in [1.82, 2.24) is 0 Å². The molecule has 0 saturated carbocycles. The molecule has 0 amide bonds. The number of rotatable bonds is 29. The van der Waals surface area contributed by atoms with Crippen LogP contribution in [0.15, 0.2) is 46.4 Å². The van der Waals surface area contributed by atoms with Crippen LogP contribution in [-0.2, 0) is 61.4 Å². The Morgan fingerprint density at radius 1 is 0.415 bits per heavy atom. The average molecular weight is 772 g/mol. The van der Waals surface area contributed by atoms with Crippen molar-refractivity contribution in [2.24, 2.45) is 9.98 Å². The molecule has 6 nitrogen and oxygen atoms in total. The first-order chi connectivity index (χ1) is 25.2. The summed E-state index contributed by atoms with van der Waals surface area (Å²) in [5.74, 6) is 0.600. The molecule has 0 spiro atoms. The molecule has 0 aliphatic rings. The maximum Gasteiger partial charge on any atom is 0.137 e. The molecule has 0 fully saturated rings. The summed E-state index contributed by atoms with van der Waals surface area (Å²) in [5, 5.41) is 0. The van der Waals surface area contributed by atoms with E-state index in [9.17, 15) is 19.2 Å². The Bertz CT molecular complexity index is 1380. The van der Waals surface area contributed by atoms with Gasteiger partial charge in [-0.3, -0.25) is 29.2 Å². The van der Waals surface area contributed by atoms with E-state index in [1.165, 1.54) is 51.4 Å². The van der Waals surface area contributed by atoms with Gasteiger partial charge in [0.05, 0.1) is 22.8 Å². The fourth-order valence-corrected chi connectivity index (χ4v) is 6.37. The van der Waals surface area contributed by atoms with Gasteiger partial charge in [-0.15, -0.1) is 0 Å². The standard InChI is InChI=1S/C46H68N2O4.Ni/c1-7-13-15-17-19-21-23-45(47-39-27-25-35(31-41(49)9-3)37(29-39)33-43(51)11-5)46(24-22-20-18-16-14-8-2)48-40-28-26-36(32-42(50)10-4)38(30-40)34-44(52)12-6;/h25-30H,7-24,31-34H2,1-6H3;. The van der Waals surface area contributed by atoms with Crippen LogP contribution in [-0.4, -0.2) is 34.6 Å². The van der Waals surface area contributed by atoms with Crippen LogP contribution in [0.1, 0.15) is 179 Å². The molecule has 0 saturated heterocycles. The molecule has 0 aliphatic carbocycles. The maximum absolute atomic E-state index is 12.6. The third-order valence-electron chi connectivity index (χ3n) is 9.90. The van der Waals surface area contributed by atoms with Gasteiger partial charge in [-0.1, -0.05) is 118 Å². The summed E-state index contributed by atoms with van der Waals surface area (Å²) >= 11 is 0. The van der Waals surface area contributed by atoms with E-state index in [0.29, 0.717) is 51.4 Å². The number of carbonyl (C=O) groups is 4. The van der Waals surface area contributed by atoms with E-state index >= 15 is 0 Å². The quantitative estimate of drug-likeness (QED) is 0.0468. The largest absolute Gasteiger partial charge is 0.299 e. The minimum atomic E-state index is 0. The molecule has 296 valence electrons. The summed E-state index contributed by atoms with van der Waals surface area (Å²) in [5.41, 5.74) is 7.06. The number of hydrogen-bond acceptors (Lipinski definition) is 6. The second-order valence-electron chi connectivity index (χ2n) is 14.3.